The number of nitrogens with two attached hydrogens (primary N) is 1. The Balaban J connectivity index is 2.29. The third-order valence-corrected chi connectivity index (χ3v) is 7.05. The third kappa shape index (κ3) is 7.02. The Hall–Kier alpha value is -4.73. The molecule has 3 N–H and O–H groups in total. The molecular formula is C30H32F4N6O3. The van der Waals surface area contributed by atoms with Crippen LogP contribution in [0.1, 0.15) is 54.6 Å². The Morgan fingerprint density at radius 3 is 2.40 bits per heavy atom. The summed E-state index contributed by atoms with van der Waals surface area (Å²) in [6, 6.07) is 8.26. The second kappa shape index (κ2) is 13.5. The Bertz CT molecular complexity index is 1480. The van der Waals surface area contributed by atoms with Gasteiger partial charge >= 0.3 is 6.18 Å². The molecule has 1 saturated heterocycles. The van der Waals surface area contributed by atoms with Crippen molar-refractivity contribution in [1.82, 2.24) is 15.1 Å². The van der Waals surface area contributed by atoms with Gasteiger partial charge in [-0.15, -0.1) is 0 Å². The minimum atomic E-state index is -4.71. The highest BCUT2D eigenvalue weighted by Crippen LogP contribution is 2.37. The van der Waals surface area contributed by atoms with E-state index in [1.54, 1.807) is 6.92 Å². The van der Waals surface area contributed by atoms with Crippen LogP contribution in [0.5, 0.6) is 0 Å². The summed E-state index contributed by atoms with van der Waals surface area (Å²) in [4.78, 5) is 47.8. The average molecular weight is 601 g/mol. The number of hydrogen-bond donors (Lipinski definition) is 2. The van der Waals surface area contributed by atoms with Crippen molar-refractivity contribution >= 4 is 23.6 Å². The Kier molecular flexibility index (Phi) is 10.3. The number of halogens is 4. The SMILES string of the molecule is CCCN=C1/C(=C(\N)C(=O)N(C)C(C)C#N)C(c2ccc(F)cc2)C(NC(=O)c2cccc(C(F)(F)F)c2)C(=O)N1CC. The first-order chi connectivity index (χ1) is 20.3. The fourth-order valence-electron chi connectivity index (χ4n) is 4.65. The van der Waals surface area contributed by atoms with Crippen LogP contribution in [0, 0.1) is 17.1 Å². The zero-order valence-corrected chi connectivity index (χ0v) is 24.1. The number of alkyl halides is 3. The van der Waals surface area contributed by atoms with Gasteiger partial charge in [0.15, 0.2) is 0 Å². The third-order valence-electron chi connectivity index (χ3n) is 7.05. The van der Waals surface area contributed by atoms with Gasteiger partial charge in [-0.3, -0.25) is 24.3 Å². The maximum absolute atomic E-state index is 14.0. The summed E-state index contributed by atoms with van der Waals surface area (Å²) in [6.07, 6.45) is -4.15. The number of nitrogens with one attached hydrogen (secondary N) is 1. The lowest BCUT2D eigenvalue weighted by Gasteiger charge is -2.41. The van der Waals surface area contributed by atoms with Gasteiger partial charge in [-0.25, -0.2) is 4.39 Å². The van der Waals surface area contributed by atoms with Crippen LogP contribution in [0.2, 0.25) is 0 Å². The number of benzene rings is 2. The Morgan fingerprint density at radius 1 is 1.19 bits per heavy atom. The second-order valence-electron chi connectivity index (χ2n) is 9.90. The van der Waals surface area contributed by atoms with Gasteiger partial charge < -0.3 is 16.0 Å². The van der Waals surface area contributed by atoms with Crippen molar-refractivity contribution < 1.29 is 31.9 Å². The molecule has 9 nitrogen and oxygen atoms in total. The Morgan fingerprint density at radius 2 is 1.84 bits per heavy atom. The number of rotatable bonds is 8. The Labute approximate surface area is 246 Å². The molecule has 0 spiro atoms. The number of amidine groups is 1. The molecule has 0 saturated carbocycles. The van der Waals surface area contributed by atoms with Gasteiger partial charge in [-0.2, -0.15) is 18.4 Å². The van der Waals surface area contributed by atoms with Crippen molar-refractivity contribution in [3.8, 4) is 6.07 Å². The molecule has 3 unspecified atom stereocenters. The van der Waals surface area contributed by atoms with Crippen LogP contribution in [0.25, 0.3) is 0 Å². The van der Waals surface area contributed by atoms with Crippen molar-refractivity contribution in [2.24, 2.45) is 10.7 Å². The van der Waals surface area contributed by atoms with E-state index in [2.05, 4.69) is 10.3 Å². The van der Waals surface area contributed by atoms with Gasteiger partial charge in [-0.05, 0) is 56.2 Å². The number of piperidine rings is 1. The van der Waals surface area contributed by atoms with Crippen LogP contribution in [0.3, 0.4) is 0 Å². The first-order valence-corrected chi connectivity index (χ1v) is 13.5. The minimum absolute atomic E-state index is 0.0445. The number of likely N-dealkylation sites (tertiary alicyclic amines) is 1. The van der Waals surface area contributed by atoms with Crippen LogP contribution in [-0.2, 0) is 15.8 Å². The fourth-order valence-corrected chi connectivity index (χ4v) is 4.65. The van der Waals surface area contributed by atoms with E-state index in [1.165, 1.54) is 37.1 Å². The lowest BCUT2D eigenvalue weighted by molar-refractivity contribution is -0.137. The van der Waals surface area contributed by atoms with E-state index < -0.39 is 53.3 Å². The molecule has 1 fully saturated rings. The molecule has 3 amide bonds. The van der Waals surface area contributed by atoms with E-state index in [4.69, 9.17) is 5.73 Å². The summed E-state index contributed by atoms with van der Waals surface area (Å²) in [5.41, 5.74) is 5.05. The topological polar surface area (TPSA) is 132 Å². The molecule has 2 aromatic rings. The van der Waals surface area contributed by atoms with E-state index in [-0.39, 0.29) is 41.3 Å². The summed E-state index contributed by atoms with van der Waals surface area (Å²) in [5.74, 6) is -4.12. The van der Waals surface area contributed by atoms with Crippen molar-refractivity contribution in [2.45, 2.75) is 51.4 Å². The van der Waals surface area contributed by atoms with Crippen molar-refractivity contribution in [2.75, 3.05) is 20.1 Å². The highest BCUT2D eigenvalue weighted by Gasteiger charge is 2.47. The van der Waals surface area contributed by atoms with Crippen molar-refractivity contribution in [1.29, 1.82) is 5.26 Å². The molecule has 3 rings (SSSR count). The minimum Gasteiger partial charge on any atom is -0.394 e. The molecule has 3 atom stereocenters. The van der Waals surface area contributed by atoms with E-state index >= 15 is 0 Å². The summed E-state index contributed by atoms with van der Waals surface area (Å²) in [5, 5.41) is 11.9. The molecule has 228 valence electrons. The first-order valence-electron chi connectivity index (χ1n) is 13.5. The highest BCUT2D eigenvalue weighted by atomic mass is 19.4. The largest absolute Gasteiger partial charge is 0.416 e. The van der Waals surface area contributed by atoms with Gasteiger partial charge in [0, 0.05) is 37.2 Å². The van der Waals surface area contributed by atoms with E-state index in [0.717, 1.165) is 29.2 Å². The number of carbonyl (C=O) groups is 3. The lowest BCUT2D eigenvalue weighted by atomic mass is 9.78. The molecule has 1 aliphatic rings. The maximum Gasteiger partial charge on any atom is 0.416 e. The number of nitriles is 1. The van der Waals surface area contributed by atoms with Gasteiger partial charge in [0.05, 0.1) is 11.6 Å². The van der Waals surface area contributed by atoms with E-state index in [0.29, 0.717) is 12.5 Å². The molecule has 0 aliphatic carbocycles. The summed E-state index contributed by atoms with van der Waals surface area (Å²) in [6.45, 7) is 5.26. The smallest absolute Gasteiger partial charge is 0.394 e. The molecule has 13 heteroatoms. The number of nitrogens with zero attached hydrogens (tertiary/aromatic N) is 4. The first kappa shape index (κ1) is 32.8. The molecule has 0 aromatic heterocycles. The van der Waals surface area contributed by atoms with Gasteiger partial charge in [0.25, 0.3) is 17.7 Å². The zero-order valence-electron chi connectivity index (χ0n) is 24.1. The predicted octanol–water partition coefficient (Wildman–Crippen LogP) is 3.98. The lowest BCUT2D eigenvalue weighted by Crippen LogP contribution is -2.59. The molecule has 1 aliphatic heterocycles. The van der Waals surface area contributed by atoms with Crippen molar-refractivity contribution in [3.63, 3.8) is 0 Å². The standard InChI is InChI=1S/C30H32F4N6O3/c1-5-14-37-26-23(24(36)28(42)39(4)17(3)16-35)22(18-10-12-21(31)13-11-18)25(29(43)40(26)6-2)38-27(41)19-8-7-9-20(15-19)30(32,33)34/h7-13,15,17,22,25H,5-6,14,36H2,1-4H3,(H,38,41)/b24-23-,37-26?. The fraction of sp³-hybridized carbons (Fsp3) is 0.367. The number of hydrogen-bond acceptors (Lipinski definition) is 6. The monoisotopic (exact) mass is 600 g/mol. The number of aliphatic imine (C=N–C) groups is 1. The molecule has 0 radical (unpaired) electrons. The van der Waals surface area contributed by atoms with Crippen molar-refractivity contribution in [3.05, 3.63) is 82.3 Å². The molecular weight excluding hydrogens is 568 g/mol. The highest BCUT2D eigenvalue weighted by molar-refractivity contribution is 6.17. The van der Waals surface area contributed by atoms with E-state index in [1.807, 2.05) is 13.0 Å². The predicted molar refractivity (Wildman–Crippen MR) is 151 cm³/mol. The molecule has 1 heterocycles. The van der Waals surface area contributed by atoms with Crippen LogP contribution < -0.4 is 11.1 Å². The van der Waals surface area contributed by atoms with Gasteiger partial charge in [0.2, 0.25) is 0 Å². The summed E-state index contributed by atoms with van der Waals surface area (Å²) < 4.78 is 54.1. The molecule has 0 bridgehead atoms. The average Bonchev–Trinajstić information content (AvgIpc) is 2.99. The number of carbonyl (C=O) groups excluding carboxylic acids is 3. The quantitative estimate of drug-likeness (QED) is 0.350. The van der Waals surface area contributed by atoms with Crippen LogP contribution in [-0.4, -0.2) is 65.6 Å². The molecule has 2 aromatic carbocycles. The van der Waals surface area contributed by atoms with Crippen LogP contribution in [0.4, 0.5) is 17.6 Å². The number of likely N-dealkylation sites (N-methyl/N-ethyl adjacent to an activating group) is 2. The normalized spacial score (nSPS) is 19.9. The number of amides is 3. The maximum atomic E-state index is 14.0. The van der Waals surface area contributed by atoms with E-state index in [9.17, 15) is 37.2 Å². The van der Waals surface area contributed by atoms with Crippen LogP contribution in [0.15, 0.2) is 64.8 Å². The summed E-state index contributed by atoms with van der Waals surface area (Å²) >= 11 is 0. The van der Waals surface area contributed by atoms with Crippen LogP contribution >= 0.6 is 0 Å². The van der Waals surface area contributed by atoms with Gasteiger partial charge in [0.1, 0.15) is 29.4 Å². The summed E-state index contributed by atoms with van der Waals surface area (Å²) in [7, 11) is 1.37. The second-order valence-corrected chi connectivity index (χ2v) is 9.90. The zero-order chi connectivity index (χ0) is 32.1. The van der Waals surface area contributed by atoms with Gasteiger partial charge in [-0.1, -0.05) is 25.1 Å². The molecule has 43 heavy (non-hydrogen) atoms.